The van der Waals surface area contributed by atoms with Crippen molar-refractivity contribution in [1.29, 1.82) is 0 Å². The van der Waals surface area contributed by atoms with Crippen molar-refractivity contribution in [3.63, 3.8) is 0 Å². The number of hydrogen-bond donors (Lipinski definition) is 0. The quantitative estimate of drug-likeness (QED) is 0.0980. The van der Waals surface area contributed by atoms with Crippen LogP contribution >= 0.6 is 92.8 Å². The van der Waals surface area contributed by atoms with E-state index in [4.69, 9.17) is 126 Å². The fourth-order valence-electron chi connectivity index (χ4n) is 7.06. The van der Waals surface area contributed by atoms with Crippen molar-refractivity contribution in [2.75, 3.05) is 0 Å². The van der Waals surface area contributed by atoms with Gasteiger partial charge in [0.25, 0.3) is 0 Å². The molecule has 2 aliphatic rings. The summed E-state index contributed by atoms with van der Waals surface area (Å²) in [5.41, 5.74) is 3.28. The average Bonchev–Trinajstić information content (AvgIpc) is 4.06. The molecule has 4 aromatic carbocycles. The van der Waals surface area contributed by atoms with E-state index in [1.165, 1.54) is 0 Å². The first-order valence-electron chi connectivity index (χ1n) is 18.2. The van der Waals surface area contributed by atoms with Gasteiger partial charge >= 0.3 is 22.6 Å². The molecular weight excluding hydrogens is 1070 g/mol. The summed E-state index contributed by atoms with van der Waals surface area (Å²) in [5.74, 6) is 0. The van der Waals surface area contributed by atoms with E-state index in [1.807, 2.05) is 48.6 Å². The van der Waals surface area contributed by atoms with Crippen molar-refractivity contribution in [2.45, 2.75) is 5.51 Å². The molecule has 65 heavy (non-hydrogen) atoms. The average molecular weight is 1090 g/mol. The van der Waals surface area contributed by atoms with Gasteiger partial charge in [0, 0.05) is 62.4 Å². The molecule has 5 heterocycles. The number of hydrogen-bond acceptors (Lipinski definition) is 5. The maximum atomic E-state index is 10.7. The zero-order valence-corrected chi connectivity index (χ0v) is 39.9. The number of rotatable bonds is 4. The van der Waals surface area contributed by atoms with Crippen LogP contribution in [0.1, 0.15) is 22.8 Å². The number of alkyl halides is 3. The minimum atomic E-state index is -6.09. The Morgan fingerprint density at radius 1 is 0.400 bits per heavy atom. The summed E-state index contributed by atoms with van der Waals surface area (Å²) in [6.45, 7) is 0. The Morgan fingerprint density at radius 3 is 0.754 bits per heavy atom. The Balaban J connectivity index is 0.000000642. The molecule has 7 aromatic rings. The van der Waals surface area contributed by atoms with Gasteiger partial charge in [-0.15, -0.1) is 22.1 Å². The van der Waals surface area contributed by atoms with Gasteiger partial charge in [-0.1, -0.05) is 141 Å². The molecular formula is C45H20Cl8F3FeN4O3S. The molecule has 1 radical (unpaired) electrons. The second kappa shape index (κ2) is 19.3. The molecule has 0 saturated carbocycles. The van der Waals surface area contributed by atoms with Crippen LogP contribution < -0.4 is 9.97 Å². The number of aromatic nitrogens is 4. The maximum absolute atomic E-state index is 10.7. The SMILES string of the molecule is Clc1cccc(Cl)c1-c1c2nc(c(-c3c(Cl)cccc3Cl)c3ccc([n-]3)c(-c3c(Cl)cccc3Cl)c3nc(c(-c4c(Cl)cccc4Cl)c4ccc1[n-]4)C=C3)C=C2.O=S(=O)([O-])C(F)(F)F.[Fe+3]. The van der Waals surface area contributed by atoms with Gasteiger partial charge < -0.3 is 14.5 Å². The summed E-state index contributed by atoms with van der Waals surface area (Å²) in [6.07, 6.45) is 7.53. The minimum absolute atomic E-state index is 0. The summed E-state index contributed by atoms with van der Waals surface area (Å²) in [5, 5.41) is 3.32. The van der Waals surface area contributed by atoms with Crippen LogP contribution in [0.4, 0.5) is 13.2 Å². The number of halogens is 11. The van der Waals surface area contributed by atoms with Crippen LogP contribution in [0.5, 0.6) is 0 Å². The largest absolute Gasteiger partial charge is 3.00 e. The number of fused-ring (bicyclic) bond motifs is 8. The molecule has 0 aliphatic carbocycles. The van der Waals surface area contributed by atoms with Gasteiger partial charge in [0.15, 0.2) is 10.1 Å². The summed E-state index contributed by atoms with van der Waals surface area (Å²) < 4.78 is 58.9. The summed E-state index contributed by atoms with van der Waals surface area (Å²) >= 11 is 55.4. The second-order valence-corrected chi connectivity index (χ2v) is 18.3. The Labute approximate surface area is 419 Å². The van der Waals surface area contributed by atoms with Crippen molar-refractivity contribution in [2.24, 2.45) is 0 Å². The van der Waals surface area contributed by atoms with Crippen LogP contribution in [0.15, 0.2) is 97.1 Å². The molecule has 7 nitrogen and oxygen atoms in total. The Kier molecular flexibility index (Phi) is 14.5. The Hall–Kier alpha value is -3.98. The molecule has 9 rings (SSSR count). The standard InChI is InChI=1S/C44H20Cl8N4.CHF3O3S.Fe/c45-21-5-1-6-22(46)37(21)41-29-13-15-31(53-29)42(38-23(47)7-2-8-24(38)48)33-17-19-35(55-33)44(40-27(51)11-4-12-28(40)52)36-20-18-34(56-36)43(32-16-14-30(41)54-32)39-25(49)9-3-10-26(39)50;2-1(3,4)8(5,6)7;/h1-20H;(H,5,6,7);/q-2;;+3/p-1. The smallest absolute Gasteiger partial charge is 0.741 e. The van der Waals surface area contributed by atoms with E-state index in [-0.39, 0.29) is 17.1 Å². The summed E-state index contributed by atoms with van der Waals surface area (Å²) in [7, 11) is -6.09. The minimum Gasteiger partial charge on any atom is -0.741 e. The van der Waals surface area contributed by atoms with E-state index in [9.17, 15) is 13.2 Å². The van der Waals surface area contributed by atoms with Gasteiger partial charge in [0.2, 0.25) is 0 Å². The van der Waals surface area contributed by atoms with Crippen LogP contribution in [0, 0.1) is 0 Å². The molecule has 8 bridgehead atoms. The van der Waals surface area contributed by atoms with E-state index >= 15 is 0 Å². The van der Waals surface area contributed by atoms with E-state index < -0.39 is 15.6 Å². The van der Waals surface area contributed by atoms with E-state index in [0.29, 0.717) is 130 Å². The molecule has 0 amide bonds. The van der Waals surface area contributed by atoms with Crippen molar-refractivity contribution < 1.29 is 43.2 Å². The predicted octanol–water partition coefficient (Wildman–Crippen LogP) is 15.9. The van der Waals surface area contributed by atoms with Gasteiger partial charge in [0.1, 0.15) is 0 Å². The molecule has 3 aromatic heterocycles. The summed E-state index contributed by atoms with van der Waals surface area (Å²) in [4.78, 5) is 20.8. The molecule has 0 atom stereocenters. The molecule has 0 unspecified atom stereocenters. The molecule has 0 spiro atoms. The number of benzene rings is 4. The molecule has 2 aliphatic heterocycles. The first kappa shape index (κ1) is 48.9. The third-order valence-corrected chi connectivity index (χ3v) is 12.8. The normalized spacial score (nSPS) is 12.2. The van der Waals surface area contributed by atoms with Gasteiger partial charge in [-0.25, -0.2) is 18.4 Å². The fourth-order valence-corrected chi connectivity index (χ4v) is 9.40. The zero-order chi connectivity index (χ0) is 45.8. The zero-order valence-electron chi connectivity index (χ0n) is 32.0. The third-order valence-electron chi connectivity index (χ3n) is 9.74. The van der Waals surface area contributed by atoms with E-state index in [1.54, 1.807) is 72.8 Å². The molecule has 329 valence electrons. The first-order valence-corrected chi connectivity index (χ1v) is 22.6. The van der Waals surface area contributed by atoms with Gasteiger partial charge in [-0.3, -0.25) is 0 Å². The monoisotopic (exact) mass is 1090 g/mol. The van der Waals surface area contributed by atoms with Crippen LogP contribution in [0.2, 0.25) is 40.2 Å². The molecule has 0 fully saturated rings. The van der Waals surface area contributed by atoms with Crippen LogP contribution in [-0.4, -0.2) is 28.4 Å². The van der Waals surface area contributed by atoms with Crippen molar-refractivity contribution in [1.82, 2.24) is 19.9 Å². The predicted molar refractivity (Wildman–Crippen MR) is 254 cm³/mol. The van der Waals surface area contributed by atoms with Crippen LogP contribution in [-0.2, 0) is 27.2 Å². The topological polar surface area (TPSA) is 111 Å². The number of nitrogens with zero attached hydrogens (tertiary/aromatic N) is 4. The first-order chi connectivity index (χ1) is 30.3. The third kappa shape index (κ3) is 9.61. The van der Waals surface area contributed by atoms with Crippen molar-refractivity contribution in [3.8, 4) is 44.5 Å². The van der Waals surface area contributed by atoms with Gasteiger partial charge in [-0.2, -0.15) is 13.2 Å². The molecule has 20 heteroatoms. The maximum Gasteiger partial charge on any atom is 3.00 e. The van der Waals surface area contributed by atoms with Gasteiger partial charge in [-0.05, 0) is 95.1 Å². The summed E-state index contributed by atoms with van der Waals surface area (Å²) in [6, 6.07) is 28.8. The van der Waals surface area contributed by atoms with Crippen LogP contribution in [0.25, 0.3) is 90.9 Å². The van der Waals surface area contributed by atoms with Crippen LogP contribution in [0.3, 0.4) is 0 Å². The molecule has 0 saturated heterocycles. The fraction of sp³-hybridized carbons (Fsp3) is 0.0222. The Bertz CT molecular complexity index is 2950. The van der Waals surface area contributed by atoms with E-state index in [0.717, 1.165) is 0 Å². The van der Waals surface area contributed by atoms with Gasteiger partial charge in [0.05, 0.1) is 22.8 Å². The van der Waals surface area contributed by atoms with Crippen molar-refractivity contribution >= 4 is 149 Å². The van der Waals surface area contributed by atoms with E-state index in [2.05, 4.69) is 0 Å². The second-order valence-electron chi connectivity index (χ2n) is 13.6. The Morgan fingerprint density at radius 2 is 0.585 bits per heavy atom. The molecule has 0 N–H and O–H groups in total. The van der Waals surface area contributed by atoms with Crippen molar-refractivity contribution in [3.05, 3.63) is 160 Å².